The van der Waals surface area contributed by atoms with Crippen LogP contribution in [0.4, 0.5) is 0 Å². The summed E-state index contributed by atoms with van der Waals surface area (Å²) in [5.74, 6) is 1.79. The van der Waals surface area contributed by atoms with Crippen LogP contribution in [-0.2, 0) is 0 Å². The van der Waals surface area contributed by atoms with Gasteiger partial charge in [-0.1, -0.05) is 40.5 Å². The zero-order chi connectivity index (χ0) is 15.6. The Bertz CT molecular complexity index is 376. The van der Waals surface area contributed by atoms with Crippen LogP contribution in [0.5, 0.6) is 0 Å². The monoisotopic (exact) mass is 290 g/mol. The van der Waals surface area contributed by atoms with Gasteiger partial charge in [0.15, 0.2) is 0 Å². The number of rotatable bonds is 2. The molecule has 2 aliphatic rings. The first-order valence-electron chi connectivity index (χ1n) is 8.96. The van der Waals surface area contributed by atoms with Crippen LogP contribution in [-0.4, -0.2) is 24.0 Å². The van der Waals surface area contributed by atoms with Crippen molar-refractivity contribution in [2.75, 3.05) is 7.05 Å². The third-order valence-electron chi connectivity index (χ3n) is 6.32. The average Bonchev–Trinajstić information content (AvgIpc) is 2.45. The van der Waals surface area contributed by atoms with E-state index >= 15 is 0 Å². The van der Waals surface area contributed by atoms with E-state index in [1.807, 2.05) is 0 Å². The standard InChI is InChI=1S/C19H34N2/c1-14-8-6-7-9-17(14)21(5)18-12-16(19(2,3)4)11-10-15(18)13-20/h14-18H,6-12H2,1-5H3. The maximum absolute atomic E-state index is 9.59. The minimum atomic E-state index is 0.239. The van der Waals surface area contributed by atoms with E-state index in [4.69, 9.17) is 0 Å². The molecule has 2 heteroatoms. The van der Waals surface area contributed by atoms with E-state index < -0.39 is 0 Å². The zero-order valence-electron chi connectivity index (χ0n) is 14.7. The molecule has 0 aliphatic heterocycles. The van der Waals surface area contributed by atoms with Crippen LogP contribution in [0, 0.1) is 34.5 Å². The van der Waals surface area contributed by atoms with E-state index in [1.54, 1.807) is 0 Å². The van der Waals surface area contributed by atoms with E-state index in [2.05, 4.69) is 45.7 Å². The lowest BCUT2D eigenvalue weighted by Gasteiger charge is -2.47. The summed E-state index contributed by atoms with van der Waals surface area (Å²) in [6.07, 6.45) is 8.98. The number of nitrogens with zero attached hydrogens (tertiary/aromatic N) is 2. The van der Waals surface area contributed by atoms with Crippen molar-refractivity contribution in [2.24, 2.45) is 23.2 Å². The van der Waals surface area contributed by atoms with Crippen molar-refractivity contribution in [1.82, 2.24) is 4.90 Å². The van der Waals surface area contributed by atoms with E-state index in [9.17, 15) is 5.26 Å². The van der Waals surface area contributed by atoms with Crippen LogP contribution in [0.15, 0.2) is 0 Å². The van der Waals surface area contributed by atoms with Gasteiger partial charge >= 0.3 is 0 Å². The van der Waals surface area contributed by atoms with Crippen molar-refractivity contribution in [3.63, 3.8) is 0 Å². The molecule has 0 radical (unpaired) electrons. The maximum atomic E-state index is 9.59. The second-order valence-electron chi connectivity index (χ2n) is 8.67. The summed E-state index contributed by atoms with van der Waals surface area (Å²) in [5, 5.41) is 9.59. The molecule has 2 nitrogen and oxygen atoms in total. The third-order valence-corrected chi connectivity index (χ3v) is 6.32. The fourth-order valence-corrected chi connectivity index (χ4v) is 4.68. The molecule has 0 saturated heterocycles. The highest BCUT2D eigenvalue weighted by atomic mass is 15.2. The molecule has 0 aromatic carbocycles. The lowest BCUT2D eigenvalue weighted by molar-refractivity contribution is 0.0239. The highest BCUT2D eigenvalue weighted by molar-refractivity contribution is 5.00. The van der Waals surface area contributed by atoms with Crippen LogP contribution in [0.25, 0.3) is 0 Å². The molecule has 0 spiro atoms. The molecular weight excluding hydrogens is 256 g/mol. The second-order valence-corrected chi connectivity index (χ2v) is 8.67. The Balaban J connectivity index is 2.11. The Morgan fingerprint density at radius 3 is 2.24 bits per heavy atom. The SMILES string of the molecule is CC1CCCCC1N(C)C1CC(C(C)(C)C)CCC1C#N. The van der Waals surface area contributed by atoms with Gasteiger partial charge in [-0.25, -0.2) is 0 Å². The Hall–Kier alpha value is -0.550. The molecule has 2 fully saturated rings. The van der Waals surface area contributed by atoms with Crippen LogP contribution in [0.2, 0.25) is 0 Å². The van der Waals surface area contributed by atoms with Crippen LogP contribution in [0.1, 0.15) is 72.6 Å². The largest absolute Gasteiger partial charge is 0.299 e. The Kier molecular flexibility index (Phi) is 5.36. The first-order chi connectivity index (χ1) is 9.84. The predicted molar refractivity (Wildman–Crippen MR) is 88.9 cm³/mol. The minimum absolute atomic E-state index is 0.239. The molecule has 21 heavy (non-hydrogen) atoms. The van der Waals surface area contributed by atoms with Gasteiger partial charge in [-0.2, -0.15) is 5.26 Å². The molecule has 120 valence electrons. The number of nitriles is 1. The Labute approximate surface area is 131 Å². The van der Waals surface area contributed by atoms with Gasteiger partial charge in [0, 0.05) is 12.1 Å². The number of hydrogen-bond donors (Lipinski definition) is 0. The van der Waals surface area contributed by atoms with Gasteiger partial charge in [0.25, 0.3) is 0 Å². The summed E-state index contributed by atoms with van der Waals surface area (Å²) in [6, 6.07) is 3.78. The normalized spacial score (nSPS) is 38.2. The van der Waals surface area contributed by atoms with E-state index in [0.29, 0.717) is 17.5 Å². The molecule has 0 amide bonds. The summed E-state index contributed by atoms with van der Waals surface area (Å²) in [6.45, 7) is 9.51. The first-order valence-corrected chi connectivity index (χ1v) is 8.96. The van der Waals surface area contributed by atoms with Gasteiger partial charge in [0.05, 0.1) is 12.0 Å². The lowest BCUT2D eigenvalue weighted by Crippen LogP contribution is -2.51. The van der Waals surface area contributed by atoms with Crippen LogP contribution >= 0.6 is 0 Å². The van der Waals surface area contributed by atoms with Gasteiger partial charge in [0.2, 0.25) is 0 Å². The summed E-state index contributed by atoms with van der Waals surface area (Å²) >= 11 is 0. The van der Waals surface area contributed by atoms with E-state index in [0.717, 1.165) is 18.3 Å². The summed E-state index contributed by atoms with van der Waals surface area (Å²) in [4.78, 5) is 2.61. The van der Waals surface area contributed by atoms with Gasteiger partial charge in [-0.3, -0.25) is 4.90 Å². The maximum Gasteiger partial charge on any atom is 0.0672 e. The molecule has 5 atom stereocenters. The molecule has 0 bridgehead atoms. The minimum Gasteiger partial charge on any atom is -0.299 e. The van der Waals surface area contributed by atoms with Crippen molar-refractivity contribution in [3.05, 3.63) is 0 Å². The van der Waals surface area contributed by atoms with Gasteiger partial charge in [-0.15, -0.1) is 0 Å². The summed E-state index contributed by atoms with van der Waals surface area (Å²) < 4.78 is 0. The predicted octanol–water partition coefficient (Wildman–Crippen LogP) is 4.85. The van der Waals surface area contributed by atoms with Crippen LogP contribution < -0.4 is 0 Å². The van der Waals surface area contributed by atoms with Crippen LogP contribution in [0.3, 0.4) is 0 Å². The highest BCUT2D eigenvalue weighted by Gasteiger charge is 2.40. The Morgan fingerprint density at radius 2 is 1.67 bits per heavy atom. The van der Waals surface area contributed by atoms with Gasteiger partial charge in [0.1, 0.15) is 0 Å². The summed E-state index contributed by atoms with van der Waals surface area (Å²) in [7, 11) is 2.30. The molecule has 0 aromatic rings. The van der Waals surface area contributed by atoms with Gasteiger partial charge in [-0.05, 0) is 56.4 Å². The highest BCUT2D eigenvalue weighted by Crippen LogP contribution is 2.42. The molecule has 2 aliphatic carbocycles. The van der Waals surface area contributed by atoms with Crippen molar-refractivity contribution >= 4 is 0 Å². The first kappa shape index (κ1) is 16.8. The van der Waals surface area contributed by atoms with Crippen molar-refractivity contribution < 1.29 is 0 Å². The number of hydrogen-bond acceptors (Lipinski definition) is 2. The Morgan fingerprint density at radius 1 is 1.00 bits per heavy atom. The molecule has 0 aromatic heterocycles. The fraction of sp³-hybridized carbons (Fsp3) is 0.947. The molecule has 2 rings (SSSR count). The van der Waals surface area contributed by atoms with E-state index in [1.165, 1.54) is 38.5 Å². The molecule has 0 heterocycles. The van der Waals surface area contributed by atoms with E-state index in [-0.39, 0.29) is 5.92 Å². The smallest absolute Gasteiger partial charge is 0.0672 e. The van der Waals surface area contributed by atoms with Gasteiger partial charge < -0.3 is 0 Å². The zero-order valence-corrected chi connectivity index (χ0v) is 14.7. The van der Waals surface area contributed by atoms with Crippen molar-refractivity contribution in [2.45, 2.75) is 84.7 Å². The average molecular weight is 290 g/mol. The second kappa shape index (κ2) is 6.69. The fourth-order valence-electron chi connectivity index (χ4n) is 4.68. The quantitative estimate of drug-likeness (QED) is 0.727. The lowest BCUT2D eigenvalue weighted by atomic mass is 9.67. The van der Waals surface area contributed by atoms with Crippen molar-refractivity contribution in [1.29, 1.82) is 5.26 Å². The van der Waals surface area contributed by atoms with Crippen molar-refractivity contribution in [3.8, 4) is 6.07 Å². The third kappa shape index (κ3) is 3.81. The molecule has 2 saturated carbocycles. The molecule has 5 unspecified atom stereocenters. The summed E-state index contributed by atoms with van der Waals surface area (Å²) in [5.41, 5.74) is 0.373. The molecule has 0 N–H and O–H groups in total. The molecular formula is C19H34N2. The topological polar surface area (TPSA) is 27.0 Å².